The number of piperidine rings is 1. The Labute approximate surface area is 541 Å². The van der Waals surface area contributed by atoms with Crippen molar-refractivity contribution in [1.29, 1.82) is 5.26 Å². The molecule has 4 aliphatic heterocycles. The number of urea groups is 1. The number of likely N-dealkylation sites (tertiary alicyclic amines) is 3. The highest BCUT2D eigenvalue weighted by Gasteiger charge is 2.42. The number of carbonyl (C=O) groups is 2. The minimum absolute atomic E-state index is 0.0128. The van der Waals surface area contributed by atoms with Crippen LogP contribution in [0.15, 0.2) is 82.6 Å². The second-order valence-electron chi connectivity index (χ2n) is 24.7. The molecule has 4 saturated heterocycles. The van der Waals surface area contributed by atoms with E-state index in [1.54, 1.807) is 60.7 Å². The van der Waals surface area contributed by atoms with Crippen LogP contribution >= 0.6 is 23.2 Å². The van der Waals surface area contributed by atoms with Gasteiger partial charge in [-0.15, -0.1) is 0 Å². The number of sulfonamides is 1. The normalized spacial score (nSPS) is 22.4. The highest BCUT2D eigenvalue weighted by Crippen LogP contribution is 2.45. The minimum atomic E-state index is -3.79. The molecule has 0 unspecified atom stereocenters. The molecule has 2 amide bonds. The Bertz CT molecular complexity index is 3170. The number of nitrogens with zero attached hydrogens (tertiary/aromatic N) is 6. The SMILES string of the molecule is [C-]#[N+]c1cc(Cl)cc2c1C[C@H](N1CCCCC1)[C@H]2Oc1ccc(S(=O)(=O)N[C@@H]2CCN(CCOCCNC(=O)NCCCCCC(=O)CCCOCCN3CC[C@@H](CS(=O)(=O)c4ccc(O[C@H]5c6cc(Cl)cc(C#N)c6C[C@@H]5N5CCNCC5)cc4)C3)C2)cc1. The van der Waals surface area contributed by atoms with Crippen LogP contribution in [0.2, 0.25) is 10.0 Å². The zero-order valence-electron chi connectivity index (χ0n) is 51.4. The van der Waals surface area contributed by atoms with Crippen LogP contribution < -0.4 is 30.1 Å². The van der Waals surface area contributed by atoms with Gasteiger partial charge in [-0.2, -0.15) is 5.26 Å². The number of nitrogens with one attached hydrogen (secondary N) is 4. The summed E-state index contributed by atoms with van der Waals surface area (Å²) in [5, 5.41) is 19.9. The van der Waals surface area contributed by atoms with Crippen LogP contribution in [-0.2, 0) is 47.0 Å². The zero-order chi connectivity index (χ0) is 63.0. The van der Waals surface area contributed by atoms with Gasteiger partial charge in [0, 0.05) is 101 Å². The molecule has 20 nitrogen and oxygen atoms in total. The summed E-state index contributed by atoms with van der Waals surface area (Å²) in [5.41, 5.74) is 4.88. The first-order valence-corrected chi connectivity index (χ1v) is 36.1. The number of ketones is 1. The van der Waals surface area contributed by atoms with E-state index in [0.717, 1.165) is 113 Å². The van der Waals surface area contributed by atoms with Crippen molar-refractivity contribution in [1.82, 2.24) is 40.3 Å². The molecule has 0 radical (unpaired) electrons. The Kier molecular flexibility index (Phi) is 24.3. The van der Waals surface area contributed by atoms with Gasteiger partial charge < -0.3 is 39.8 Å². The lowest BCUT2D eigenvalue weighted by Crippen LogP contribution is -2.50. The first kappa shape index (κ1) is 67.4. The van der Waals surface area contributed by atoms with Gasteiger partial charge in [-0.1, -0.05) is 36.0 Å². The molecule has 4 aromatic rings. The molecule has 4 N–H and O–H groups in total. The summed E-state index contributed by atoms with van der Waals surface area (Å²) in [6.45, 7) is 19.9. The van der Waals surface area contributed by atoms with Gasteiger partial charge in [-0.05, 0) is 185 Å². The zero-order valence-corrected chi connectivity index (χ0v) is 54.5. The fraction of sp³-hybridized carbons (Fsp3) is 0.576. The summed E-state index contributed by atoms with van der Waals surface area (Å²) in [6.07, 6.45) is 9.54. The van der Waals surface area contributed by atoms with Crippen molar-refractivity contribution in [2.45, 2.75) is 124 Å². The number of nitriles is 1. The van der Waals surface area contributed by atoms with Crippen molar-refractivity contribution in [3.8, 4) is 17.6 Å². The van der Waals surface area contributed by atoms with Crippen LogP contribution in [0.5, 0.6) is 11.5 Å². The highest BCUT2D eigenvalue weighted by molar-refractivity contribution is 7.91. The average molecular weight is 1310 g/mol. The van der Waals surface area contributed by atoms with E-state index in [1.165, 1.54) is 6.42 Å². The van der Waals surface area contributed by atoms with Gasteiger partial charge in [0.25, 0.3) is 0 Å². The maximum atomic E-state index is 13.6. The molecule has 0 saturated carbocycles. The molecule has 486 valence electrons. The number of halogens is 2. The van der Waals surface area contributed by atoms with E-state index < -0.39 is 19.9 Å². The lowest BCUT2D eigenvalue weighted by molar-refractivity contribution is -0.119. The molecule has 90 heavy (non-hydrogen) atoms. The fourth-order valence-corrected chi connectivity index (χ4v) is 17.0. The van der Waals surface area contributed by atoms with Gasteiger partial charge in [0.15, 0.2) is 15.5 Å². The largest absolute Gasteiger partial charge is 0.484 e. The molecule has 6 aliphatic rings. The second kappa shape index (κ2) is 32.4. The summed E-state index contributed by atoms with van der Waals surface area (Å²) in [7, 11) is -7.33. The van der Waals surface area contributed by atoms with E-state index in [9.17, 15) is 31.7 Å². The summed E-state index contributed by atoms with van der Waals surface area (Å²) in [6, 6.07) is 22.4. The smallest absolute Gasteiger partial charge is 0.314 e. The van der Waals surface area contributed by atoms with E-state index in [2.05, 4.69) is 51.2 Å². The van der Waals surface area contributed by atoms with E-state index in [-0.39, 0.29) is 63.6 Å². The molecule has 2 aliphatic carbocycles. The van der Waals surface area contributed by atoms with Crippen molar-refractivity contribution in [3.63, 3.8) is 0 Å². The van der Waals surface area contributed by atoms with E-state index in [0.29, 0.717) is 137 Å². The molecule has 4 aromatic carbocycles. The number of sulfone groups is 1. The fourth-order valence-electron chi connectivity index (χ4n) is 13.7. The molecular weight excluding hydrogens is 1230 g/mol. The Hall–Kier alpha value is -5.44. The van der Waals surface area contributed by atoms with E-state index in [4.69, 9.17) is 48.7 Å². The Morgan fingerprint density at radius 1 is 0.667 bits per heavy atom. The topological polar surface area (TPSA) is 229 Å². The second-order valence-corrected chi connectivity index (χ2v) is 29.3. The van der Waals surface area contributed by atoms with Gasteiger partial charge in [0.05, 0.1) is 65.7 Å². The van der Waals surface area contributed by atoms with E-state index >= 15 is 0 Å². The summed E-state index contributed by atoms with van der Waals surface area (Å²) < 4.78 is 81.9. The number of fused-ring (bicyclic) bond motifs is 2. The molecule has 0 bridgehead atoms. The standard InChI is InChI=1S/C66H86Cl2N10O10S2/c1-70-61-40-50(68)39-60-58(61)42-63(77-25-6-3-7-26-77)65(60)88-54-13-17-56(18-14-54)90(83,84)74-51-20-28-76(45-51)32-36-86-34-24-73-66(80)72-21-5-2-4-9-52(79)10-8-33-85-35-31-75-27-19-47(44-75)46-89(81,82)55-15-11-53(12-16-55)87-64-59-38-49(67)37-48(43-69)57(59)41-62(64)78-29-22-71-23-30-78/h11-18,37-40,47,51,62-65,71,74H,2-10,19-36,41-42,44-46H2,(H2,72,73,80)/t47-,51-,62+,63+,64+,65+/m1/s1. The van der Waals surface area contributed by atoms with Crippen LogP contribution in [0, 0.1) is 23.8 Å². The van der Waals surface area contributed by atoms with Crippen molar-refractivity contribution < 1.29 is 45.4 Å². The molecule has 24 heteroatoms. The minimum Gasteiger partial charge on any atom is -0.484 e. The first-order chi connectivity index (χ1) is 43.6. The number of Topliss-reactive ketones (excluding diaryl/α,β-unsaturated/α-hetero) is 1. The maximum Gasteiger partial charge on any atom is 0.314 e. The average Bonchev–Trinajstić information content (AvgIpc) is 1.64. The van der Waals surface area contributed by atoms with Gasteiger partial charge in [-0.3, -0.25) is 19.5 Å². The molecule has 0 aromatic heterocycles. The van der Waals surface area contributed by atoms with Crippen molar-refractivity contribution in [2.75, 3.05) is 124 Å². The van der Waals surface area contributed by atoms with Gasteiger partial charge in [0.2, 0.25) is 10.0 Å². The van der Waals surface area contributed by atoms with Crippen molar-refractivity contribution in [2.24, 2.45) is 5.92 Å². The Morgan fingerprint density at radius 3 is 1.96 bits per heavy atom. The third-order valence-electron chi connectivity index (χ3n) is 18.4. The van der Waals surface area contributed by atoms with Crippen molar-refractivity contribution >= 4 is 60.6 Å². The number of unbranched alkanes of at least 4 members (excludes halogenated alkanes) is 2. The van der Waals surface area contributed by atoms with Gasteiger partial charge in [-0.25, -0.2) is 31.2 Å². The van der Waals surface area contributed by atoms with Crippen LogP contribution in [0.1, 0.15) is 111 Å². The molecule has 0 spiro atoms. The van der Waals surface area contributed by atoms with E-state index in [1.807, 2.05) is 12.1 Å². The molecule has 6 atom stereocenters. The number of hydrogen-bond donors (Lipinski definition) is 4. The number of amides is 2. The number of hydrogen-bond acceptors (Lipinski definition) is 16. The lowest BCUT2D eigenvalue weighted by Gasteiger charge is -2.36. The predicted molar refractivity (Wildman–Crippen MR) is 346 cm³/mol. The summed E-state index contributed by atoms with van der Waals surface area (Å²) in [4.78, 5) is 38.3. The lowest BCUT2D eigenvalue weighted by atomic mass is 10.0. The van der Waals surface area contributed by atoms with Crippen LogP contribution in [-0.4, -0.2) is 190 Å². The van der Waals surface area contributed by atoms with Gasteiger partial charge in [0.1, 0.15) is 29.5 Å². The Morgan fingerprint density at radius 2 is 1.27 bits per heavy atom. The number of ether oxygens (including phenoxy) is 4. The first-order valence-electron chi connectivity index (χ1n) is 32.2. The maximum absolute atomic E-state index is 13.6. The third kappa shape index (κ3) is 18.2. The van der Waals surface area contributed by atoms with Crippen LogP contribution in [0.4, 0.5) is 10.5 Å². The number of benzene rings is 4. The quantitative estimate of drug-likeness (QED) is 0.0274. The highest BCUT2D eigenvalue weighted by atomic mass is 35.5. The van der Waals surface area contributed by atoms with Crippen LogP contribution in [0.3, 0.4) is 0 Å². The summed E-state index contributed by atoms with van der Waals surface area (Å²) in [5.74, 6) is 1.40. The number of carbonyl (C=O) groups excluding carboxylic acids is 2. The third-order valence-corrected chi connectivity index (χ3v) is 22.3. The molecule has 4 fully saturated rings. The number of rotatable bonds is 31. The number of piperazine rings is 1. The molecular formula is C66H86Cl2N10O10S2. The summed E-state index contributed by atoms with van der Waals surface area (Å²) >= 11 is 12.9. The van der Waals surface area contributed by atoms with Crippen molar-refractivity contribution in [3.05, 3.63) is 122 Å². The van der Waals surface area contributed by atoms with Crippen LogP contribution in [0.25, 0.3) is 4.85 Å². The molecule has 4 heterocycles. The monoisotopic (exact) mass is 1310 g/mol. The molecule has 10 rings (SSSR count). The Balaban J connectivity index is 0.522. The van der Waals surface area contributed by atoms with Gasteiger partial charge >= 0.3 is 6.03 Å². The predicted octanol–water partition coefficient (Wildman–Crippen LogP) is 8.29.